The zero-order valence-corrected chi connectivity index (χ0v) is 14.3. The number of fused-ring (bicyclic) bond motifs is 1. The molecule has 0 aliphatic rings. The first-order chi connectivity index (χ1) is 12.4. The van der Waals surface area contributed by atoms with E-state index in [2.05, 4.69) is 4.98 Å². The number of carbonyl (C=O) groups excluding carboxylic acids is 1. The van der Waals surface area contributed by atoms with E-state index in [0.29, 0.717) is 11.2 Å². The van der Waals surface area contributed by atoms with E-state index >= 15 is 0 Å². The molecule has 0 atom stereocenters. The molecule has 136 valence electrons. The van der Waals surface area contributed by atoms with E-state index in [0.717, 1.165) is 10.6 Å². The van der Waals surface area contributed by atoms with Crippen molar-refractivity contribution in [2.24, 2.45) is 14.1 Å². The lowest BCUT2D eigenvalue weighted by Crippen LogP contribution is -2.39. The standard InChI is InChI=1S/C17H17FN4O4/c1-20-10-19-14-13(20)15(23)22(17(25)21(14)2)7-4-8-26-16(24)11-5-3-6-12(18)9-11/h3,5-6,9-10H,4,7-8H2,1-2H3. The molecular weight excluding hydrogens is 343 g/mol. The first-order valence-electron chi connectivity index (χ1n) is 7.93. The van der Waals surface area contributed by atoms with Gasteiger partial charge >= 0.3 is 11.7 Å². The predicted molar refractivity (Wildman–Crippen MR) is 91.5 cm³/mol. The third-order valence-corrected chi connectivity index (χ3v) is 4.02. The van der Waals surface area contributed by atoms with Crippen LogP contribution >= 0.6 is 0 Å². The second-order valence-electron chi connectivity index (χ2n) is 5.83. The van der Waals surface area contributed by atoms with Crippen LogP contribution in [0, 0.1) is 5.82 Å². The molecule has 0 amide bonds. The molecule has 0 aliphatic heterocycles. The number of esters is 1. The molecule has 0 unspecified atom stereocenters. The van der Waals surface area contributed by atoms with Gasteiger partial charge in [-0.2, -0.15) is 0 Å². The number of benzene rings is 1. The van der Waals surface area contributed by atoms with Crippen molar-refractivity contribution >= 4 is 17.1 Å². The normalized spacial score (nSPS) is 11.0. The first-order valence-corrected chi connectivity index (χ1v) is 7.93. The largest absolute Gasteiger partial charge is 0.462 e. The lowest BCUT2D eigenvalue weighted by molar-refractivity contribution is 0.0494. The topological polar surface area (TPSA) is 88.1 Å². The molecule has 0 fully saturated rings. The summed E-state index contributed by atoms with van der Waals surface area (Å²) >= 11 is 0. The quantitative estimate of drug-likeness (QED) is 0.497. The molecule has 8 nitrogen and oxygen atoms in total. The number of ether oxygens (including phenoxy) is 1. The molecule has 0 bridgehead atoms. The number of hydrogen-bond acceptors (Lipinski definition) is 5. The Balaban J connectivity index is 1.71. The Hall–Kier alpha value is -3.23. The summed E-state index contributed by atoms with van der Waals surface area (Å²) in [4.78, 5) is 40.7. The van der Waals surface area contributed by atoms with Gasteiger partial charge in [0.2, 0.25) is 0 Å². The Kier molecular flexibility index (Phi) is 4.70. The van der Waals surface area contributed by atoms with E-state index in [9.17, 15) is 18.8 Å². The van der Waals surface area contributed by atoms with Gasteiger partial charge in [-0.3, -0.25) is 13.9 Å². The van der Waals surface area contributed by atoms with Crippen LogP contribution in [0.3, 0.4) is 0 Å². The predicted octanol–water partition coefficient (Wildman–Crippen LogP) is 0.820. The molecule has 3 aromatic rings. The Morgan fingerprint density at radius 1 is 1.27 bits per heavy atom. The summed E-state index contributed by atoms with van der Waals surface area (Å²) in [5.41, 5.74) is -0.188. The number of imidazole rings is 1. The van der Waals surface area contributed by atoms with Gasteiger partial charge in [-0.15, -0.1) is 0 Å². The maximum Gasteiger partial charge on any atom is 0.338 e. The fourth-order valence-electron chi connectivity index (χ4n) is 2.68. The van der Waals surface area contributed by atoms with E-state index in [4.69, 9.17) is 4.74 Å². The number of hydrogen-bond donors (Lipinski definition) is 0. The van der Waals surface area contributed by atoms with Crippen LogP contribution in [0.4, 0.5) is 4.39 Å². The van der Waals surface area contributed by atoms with Gasteiger partial charge in [0.15, 0.2) is 11.2 Å². The summed E-state index contributed by atoms with van der Waals surface area (Å²) in [5.74, 6) is -1.19. The van der Waals surface area contributed by atoms with Crippen molar-refractivity contribution in [3.05, 3.63) is 62.8 Å². The minimum absolute atomic E-state index is 0.00559. The zero-order valence-electron chi connectivity index (χ0n) is 14.3. The van der Waals surface area contributed by atoms with Crippen LogP contribution in [0.25, 0.3) is 11.2 Å². The van der Waals surface area contributed by atoms with Gasteiger partial charge in [-0.05, 0) is 24.6 Å². The van der Waals surface area contributed by atoms with Gasteiger partial charge in [0, 0.05) is 20.6 Å². The molecule has 1 aromatic carbocycles. The van der Waals surface area contributed by atoms with Crippen molar-refractivity contribution in [2.75, 3.05) is 6.61 Å². The molecule has 9 heteroatoms. The van der Waals surface area contributed by atoms with Gasteiger partial charge in [0.1, 0.15) is 5.82 Å². The van der Waals surface area contributed by atoms with E-state index in [1.807, 2.05) is 0 Å². The summed E-state index contributed by atoms with van der Waals surface area (Å²) in [7, 11) is 3.21. The zero-order chi connectivity index (χ0) is 18.8. The molecule has 0 saturated heterocycles. The molecule has 0 aliphatic carbocycles. The van der Waals surface area contributed by atoms with Crippen LogP contribution in [0.15, 0.2) is 40.2 Å². The van der Waals surface area contributed by atoms with Gasteiger partial charge in [0.25, 0.3) is 5.56 Å². The third kappa shape index (κ3) is 3.15. The highest BCUT2D eigenvalue weighted by Gasteiger charge is 2.15. The molecular formula is C17H17FN4O4. The van der Waals surface area contributed by atoms with Crippen LogP contribution in [0.2, 0.25) is 0 Å². The van der Waals surface area contributed by atoms with Crippen molar-refractivity contribution < 1.29 is 13.9 Å². The number of nitrogens with zero attached hydrogens (tertiary/aromatic N) is 4. The maximum absolute atomic E-state index is 13.1. The maximum atomic E-state index is 13.1. The van der Waals surface area contributed by atoms with Crippen LogP contribution < -0.4 is 11.2 Å². The van der Waals surface area contributed by atoms with Crippen molar-refractivity contribution in [1.29, 1.82) is 0 Å². The van der Waals surface area contributed by atoms with Gasteiger partial charge in [-0.1, -0.05) is 6.07 Å². The molecule has 0 N–H and O–H groups in total. The minimum Gasteiger partial charge on any atom is -0.462 e. The van der Waals surface area contributed by atoms with E-state index in [1.165, 1.54) is 36.1 Å². The van der Waals surface area contributed by atoms with Gasteiger partial charge in [0.05, 0.1) is 18.5 Å². The second-order valence-corrected chi connectivity index (χ2v) is 5.83. The van der Waals surface area contributed by atoms with E-state index < -0.39 is 23.0 Å². The van der Waals surface area contributed by atoms with Crippen molar-refractivity contribution in [2.45, 2.75) is 13.0 Å². The number of halogens is 1. The number of aromatic nitrogens is 4. The lowest BCUT2D eigenvalue weighted by Gasteiger charge is -2.09. The highest BCUT2D eigenvalue weighted by molar-refractivity contribution is 5.89. The van der Waals surface area contributed by atoms with E-state index in [-0.39, 0.29) is 25.1 Å². The lowest BCUT2D eigenvalue weighted by atomic mass is 10.2. The fourth-order valence-corrected chi connectivity index (χ4v) is 2.68. The van der Waals surface area contributed by atoms with Crippen LogP contribution in [0.1, 0.15) is 16.8 Å². The first kappa shape index (κ1) is 17.6. The SMILES string of the molecule is Cn1cnc2c1c(=O)n(CCCOC(=O)c1cccc(F)c1)c(=O)n2C. The summed E-state index contributed by atoms with van der Waals surface area (Å²) < 4.78 is 22.1. The third-order valence-electron chi connectivity index (χ3n) is 4.02. The summed E-state index contributed by atoms with van der Waals surface area (Å²) in [6, 6.07) is 5.17. The molecule has 0 radical (unpaired) electrons. The molecule has 0 saturated carbocycles. The van der Waals surface area contributed by atoms with Crippen LogP contribution in [-0.2, 0) is 25.4 Å². The van der Waals surface area contributed by atoms with Crippen LogP contribution in [-0.4, -0.2) is 31.3 Å². The average Bonchev–Trinajstić information content (AvgIpc) is 3.01. The van der Waals surface area contributed by atoms with E-state index in [1.54, 1.807) is 11.6 Å². The number of rotatable bonds is 5. The van der Waals surface area contributed by atoms with Gasteiger partial charge in [-0.25, -0.2) is 19.0 Å². The second kappa shape index (κ2) is 6.95. The monoisotopic (exact) mass is 360 g/mol. The van der Waals surface area contributed by atoms with Crippen molar-refractivity contribution in [3.63, 3.8) is 0 Å². The summed E-state index contributed by atoms with van der Waals surface area (Å²) in [6.07, 6.45) is 1.73. The molecule has 2 aromatic heterocycles. The smallest absolute Gasteiger partial charge is 0.338 e. The Bertz CT molecular complexity index is 1100. The summed E-state index contributed by atoms with van der Waals surface area (Å²) in [5, 5.41) is 0. The Morgan fingerprint density at radius 3 is 2.77 bits per heavy atom. The molecule has 26 heavy (non-hydrogen) atoms. The van der Waals surface area contributed by atoms with Crippen LogP contribution in [0.5, 0.6) is 0 Å². The minimum atomic E-state index is -0.660. The Labute approximate surface area is 147 Å². The summed E-state index contributed by atoms with van der Waals surface area (Å²) in [6.45, 7) is 0.0808. The average molecular weight is 360 g/mol. The Morgan fingerprint density at radius 2 is 2.04 bits per heavy atom. The van der Waals surface area contributed by atoms with Crippen molar-refractivity contribution in [3.8, 4) is 0 Å². The highest BCUT2D eigenvalue weighted by Crippen LogP contribution is 2.06. The highest BCUT2D eigenvalue weighted by atomic mass is 19.1. The van der Waals surface area contributed by atoms with Crippen molar-refractivity contribution in [1.82, 2.24) is 18.7 Å². The van der Waals surface area contributed by atoms with Gasteiger partial charge < -0.3 is 9.30 Å². The number of aryl methyl sites for hydroxylation is 2. The molecule has 2 heterocycles. The fraction of sp³-hybridized carbons (Fsp3) is 0.294. The number of carbonyl (C=O) groups is 1. The molecule has 0 spiro atoms. The molecule has 3 rings (SSSR count).